The van der Waals surface area contributed by atoms with Crippen molar-refractivity contribution in [2.45, 2.75) is 13.0 Å². The van der Waals surface area contributed by atoms with Gasteiger partial charge < -0.3 is 15.0 Å². The normalized spacial score (nSPS) is 10.7. The summed E-state index contributed by atoms with van der Waals surface area (Å²) in [7, 11) is 1.79. The molecule has 0 aliphatic carbocycles. The van der Waals surface area contributed by atoms with E-state index in [1.54, 1.807) is 23.7 Å². The Hall–Kier alpha value is -3.08. The Balaban J connectivity index is 1.84. The summed E-state index contributed by atoms with van der Waals surface area (Å²) < 4.78 is 1.78. The number of aromatic carboxylic acids is 1. The molecule has 5 heteroatoms. The number of nitrogens with zero attached hydrogens (tertiary/aromatic N) is 1. The maximum Gasteiger partial charge on any atom is 0.338 e. The Bertz CT molecular complexity index is 898. The number of carboxylic acid groups (broad SMARTS) is 1. The van der Waals surface area contributed by atoms with Crippen molar-refractivity contribution in [2.24, 2.45) is 7.05 Å². The van der Waals surface area contributed by atoms with Crippen LogP contribution in [0.3, 0.4) is 0 Å². The number of carbonyl (C=O) groups is 2. The predicted molar refractivity (Wildman–Crippen MR) is 91.9 cm³/mol. The van der Waals surface area contributed by atoms with Crippen LogP contribution in [0.15, 0.2) is 54.6 Å². The number of hydrogen-bond donors (Lipinski definition) is 2. The molecule has 0 bridgehead atoms. The average Bonchev–Trinajstić information content (AvgIpc) is 2.87. The lowest BCUT2D eigenvalue weighted by Crippen LogP contribution is -2.26. The second kappa shape index (κ2) is 6.58. The van der Waals surface area contributed by atoms with E-state index in [0.29, 0.717) is 17.6 Å². The molecule has 0 atom stereocenters. The van der Waals surface area contributed by atoms with E-state index >= 15 is 0 Å². The SMILES string of the molecule is Cn1c(CC(=O)NCc2ccccc2)c(C(=O)O)c2ccccc21. The number of carbonyl (C=O) groups excluding carboxylic acids is 1. The quantitative estimate of drug-likeness (QED) is 0.759. The van der Waals surface area contributed by atoms with Crippen molar-refractivity contribution >= 4 is 22.8 Å². The fraction of sp³-hybridized carbons (Fsp3) is 0.158. The van der Waals surface area contributed by atoms with Crippen molar-refractivity contribution in [1.82, 2.24) is 9.88 Å². The monoisotopic (exact) mass is 322 g/mol. The zero-order chi connectivity index (χ0) is 17.1. The van der Waals surface area contributed by atoms with Crippen LogP contribution in [0.1, 0.15) is 21.6 Å². The van der Waals surface area contributed by atoms with Crippen molar-refractivity contribution in [1.29, 1.82) is 0 Å². The van der Waals surface area contributed by atoms with Crippen LogP contribution in [-0.4, -0.2) is 21.6 Å². The molecule has 0 unspecified atom stereocenters. The summed E-state index contributed by atoms with van der Waals surface area (Å²) in [6, 6.07) is 16.9. The third-order valence-electron chi connectivity index (χ3n) is 4.10. The third kappa shape index (κ3) is 3.01. The number of amides is 1. The van der Waals surface area contributed by atoms with Crippen molar-refractivity contribution in [2.75, 3.05) is 0 Å². The number of rotatable bonds is 5. The minimum atomic E-state index is -1.02. The Morgan fingerprint density at radius 3 is 2.42 bits per heavy atom. The first kappa shape index (κ1) is 15.8. The highest BCUT2D eigenvalue weighted by molar-refractivity contribution is 6.06. The molecule has 24 heavy (non-hydrogen) atoms. The second-order valence-corrected chi connectivity index (χ2v) is 5.64. The summed E-state index contributed by atoms with van der Waals surface area (Å²) in [5.41, 5.74) is 2.51. The molecule has 0 spiro atoms. The minimum absolute atomic E-state index is 0.0274. The van der Waals surface area contributed by atoms with Gasteiger partial charge in [0.2, 0.25) is 5.91 Å². The topological polar surface area (TPSA) is 71.3 Å². The molecule has 3 rings (SSSR count). The highest BCUT2D eigenvalue weighted by Gasteiger charge is 2.22. The predicted octanol–water partition coefficient (Wildman–Crippen LogP) is 2.74. The highest BCUT2D eigenvalue weighted by atomic mass is 16.4. The van der Waals surface area contributed by atoms with E-state index in [9.17, 15) is 14.7 Å². The van der Waals surface area contributed by atoms with E-state index in [0.717, 1.165) is 11.1 Å². The Labute approximate surface area is 139 Å². The van der Waals surface area contributed by atoms with Gasteiger partial charge in [-0.25, -0.2) is 4.79 Å². The Morgan fingerprint density at radius 2 is 1.71 bits per heavy atom. The summed E-state index contributed by atoms with van der Waals surface area (Å²) in [5.74, 6) is -1.22. The molecule has 0 saturated heterocycles. The molecule has 5 nitrogen and oxygen atoms in total. The molecule has 2 N–H and O–H groups in total. The van der Waals surface area contributed by atoms with Crippen LogP contribution in [0.5, 0.6) is 0 Å². The lowest BCUT2D eigenvalue weighted by molar-refractivity contribution is -0.120. The first-order chi connectivity index (χ1) is 11.6. The van der Waals surface area contributed by atoms with E-state index in [1.807, 2.05) is 42.5 Å². The highest BCUT2D eigenvalue weighted by Crippen LogP contribution is 2.25. The fourth-order valence-electron chi connectivity index (χ4n) is 2.90. The minimum Gasteiger partial charge on any atom is -0.478 e. The van der Waals surface area contributed by atoms with Gasteiger partial charge in [-0.05, 0) is 11.6 Å². The Morgan fingerprint density at radius 1 is 1.04 bits per heavy atom. The summed E-state index contributed by atoms with van der Waals surface area (Å²) >= 11 is 0. The van der Waals surface area contributed by atoms with Crippen LogP contribution >= 0.6 is 0 Å². The van der Waals surface area contributed by atoms with Crippen LogP contribution in [-0.2, 0) is 24.8 Å². The summed E-state index contributed by atoms with van der Waals surface area (Å²) in [5, 5.41) is 13.0. The Kier molecular flexibility index (Phi) is 4.33. The van der Waals surface area contributed by atoms with Crippen LogP contribution < -0.4 is 5.32 Å². The van der Waals surface area contributed by atoms with Gasteiger partial charge in [-0.3, -0.25) is 4.79 Å². The number of para-hydroxylation sites is 1. The van der Waals surface area contributed by atoms with E-state index in [-0.39, 0.29) is 17.9 Å². The molecular formula is C19H18N2O3. The summed E-state index contributed by atoms with van der Waals surface area (Å²) in [4.78, 5) is 23.9. The third-order valence-corrected chi connectivity index (χ3v) is 4.10. The van der Waals surface area contributed by atoms with E-state index in [4.69, 9.17) is 0 Å². The number of nitrogens with one attached hydrogen (secondary N) is 1. The van der Waals surface area contributed by atoms with Crippen molar-refractivity contribution in [3.63, 3.8) is 0 Å². The maximum atomic E-state index is 12.3. The van der Waals surface area contributed by atoms with Gasteiger partial charge in [-0.1, -0.05) is 48.5 Å². The van der Waals surface area contributed by atoms with Crippen LogP contribution in [0.2, 0.25) is 0 Å². The van der Waals surface area contributed by atoms with Gasteiger partial charge in [-0.2, -0.15) is 0 Å². The van der Waals surface area contributed by atoms with Gasteiger partial charge in [0.1, 0.15) is 0 Å². The standard InChI is InChI=1S/C19H18N2O3/c1-21-15-10-6-5-9-14(15)18(19(23)24)16(21)11-17(22)20-12-13-7-3-2-4-8-13/h2-10H,11-12H2,1H3,(H,20,22)(H,23,24). The molecule has 0 aliphatic heterocycles. The lowest BCUT2D eigenvalue weighted by Gasteiger charge is -2.08. The lowest BCUT2D eigenvalue weighted by atomic mass is 10.1. The van der Waals surface area contributed by atoms with Crippen molar-refractivity contribution in [3.05, 3.63) is 71.4 Å². The molecule has 0 fully saturated rings. The molecule has 0 saturated carbocycles. The zero-order valence-electron chi connectivity index (χ0n) is 13.3. The van der Waals surface area contributed by atoms with E-state index in [2.05, 4.69) is 5.32 Å². The molecular weight excluding hydrogens is 304 g/mol. The van der Waals surface area contributed by atoms with Crippen molar-refractivity contribution in [3.8, 4) is 0 Å². The number of aryl methyl sites for hydroxylation is 1. The van der Waals surface area contributed by atoms with Gasteiger partial charge in [0.05, 0.1) is 12.0 Å². The molecule has 1 heterocycles. The molecule has 122 valence electrons. The number of aromatic nitrogens is 1. The second-order valence-electron chi connectivity index (χ2n) is 5.64. The number of carboxylic acids is 1. The molecule has 3 aromatic rings. The molecule has 1 aromatic heterocycles. The van der Waals surface area contributed by atoms with Crippen LogP contribution in [0.4, 0.5) is 0 Å². The van der Waals surface area contributed by atoms with E-state index < -0.39 is 5.97 Å². The first-order valence-electron chi connectivity index (χ1n) is 7.68. The van der Waals surface area contributed by atoms with Crippen LogP contribution in [0.25, 0.3) is 10.9 Å². The number of fused-ring (bicyclic) bond motifs is 1. The maximum absolute atomic E-state index is 12.3. The summed E-state index contributed by atoms with van der Waals surface area (Å²) in [6.45, 7) is 0.423. The first-order valence-corrected chi connectivity index (χ1v) is 7.68. The van der Waals surface area contributed by atoms with Gasteiger partial charge >= 0.3 is 5.97 Å². The van der Waals surface area contributed by atoms with E-state index in [1.165, 1.54) is 0 Å². The number of benzene rings is 2. The van der Waals surface area contributed by atoms with Gasteiger partial charge in [0.25, 0.3) is 0 Å². The molecule has 2 aromatic carbocycles. The average molecular weight is 322 g/mol. The zero-order valence-corrected chi connectivity index (χ0v) is 13.3. The van der Waals surface area contributed by atoms with Crippen molar-refractivity contribution < 1.29 is 14.7 Å². The van der Waals surface area contributed by atoms with Gasteiger partial charge in [-0.15, -0.1) is 0 Å². The molecule has 0 aliphatic rings. The molecule has 1 amide bonds. The number of hydrogen-bond acceptors (Lipinski definition) is 2. The molecule has 0 radical (unpaired) electrons. The van der Waals surface area contributed by atoms with Crippen LogP contribution in [0, 0.1) is 0 Å². The van der Waals surface area contributed by atoms with Gasteiger partial charge in [0, 0.05) is 30.2 Å². The van der Waals surface area contributed by atoms with Gasteiger partial charge in [0.15, 0.2) is 0 Å². The summed E-state index contributed by atoms with van der Waals surface area (Å²) in [6.07, 6.45) is 0.0274. The smallest absolute Gasteiger partial charge is 0.338 e. The fourth-order valence-corrected chi connectivity index (χ4v) is 2.90. The largest absolute Gasteiger partial charge is 0.478 e.